The third-order valence-electron chi connectivity index (χ3n) is 2.37. The molecule has 1 atom stereocenters. The molecule has 0 saturated carbocycles. The van der Waals surface area contributed by atoms with Gasteiger partial charge in [0.15, 0.2) is 5.83 Å². The molecule has 1 aromatic carbocycles. The van der Waals surface area contributed by atoms with Crippen molar-refractivity contribution in [3.05, 3.63) is 40.7 Å². The third kappa shape index (κ3) is 3.74. The molecule has 21 heavy (non-hydrogen) atoms. The first-order valence-corrected chi connectivity index (χ1v) is 6.38. The first kappa shape index (κ1) is 17.9. The second-order valence-corrected chi connectivity index (χ2v) is 5.29. The summed E-state index contributed by atoms with van der Waals surface area (Å²) in [6, 6.07) is 4.53. The average Bonchev–Trinajstić information content (AvgIpc) is 2.39. The van der Waals surface area contributed by atoms with E-state index in [-0.39, 0.29) is 10.6 Å². The van der Waals surface area contributed by atoms with E-state index in [1.165, 1.54) is 12.1 Å². The van der Waals surface area contributed by atoms with Crippen LogP contribution in [0.5, 0.6) is 0 Å². The van der Waals surface area contributed by atoms with Crippen molar-refractivity contribution in [2.75, 3.05) is 7.11 Å². The van der Waals surface area contributed by atoms with Gasteiger partial charge in [-0.15, -0.1) is 0 Å². The number of carbonyl (C=O) groups excluding carboxylic acids is 1. The van der Waals surface area contributed by atoms with E-state index < -0.39 is 28.1 Å². The number of carbonyl (C=O) groups is 1. The molecular formula is C12H7BrClF5O2. The highest BCUT2D eigenvalue weighted by Gasteiger charge is 2.59. The van der Waals surface area contributed by atoms with Crippen LogP contribution in [-0.4, -0.2) is 23.8 Å². The van der Waals surface area contributed by atoms with E-state index in [0.717, 1.165) is 19.2 Å². The van der Waals surface area contributed by atoms with Crippen LogP contribution in [0, 0.1) is 0 Å². The van der Waals surface area contributed by atoms with E-state index in [9.17, 15) is 26.7 Å². The molecule has 1 unspecified atom stereocenters. The topological polar surface area (TPSA) is 26.3 Å². The van der Waals surface area contributed by atoms with E-state index in [1.807, 2.05) is 0 Å². The number of methoxy groups -OCH3 is 1. The van der Waals surface area contributed by atoms with Gasteiger partial charge in [0, 0.05) is 5.02 Å². The van der Waals surface area contributed by atoms with Crippen LogP contribution in [0.4, 0.5) is 22.0 Å². The maximum Gasteiger partial charge on any atom is 0.439 e. The minimum atomic E-state index is -5.61. The number of rotatable bonds is 3. The van der Waals surface area contributed by atoms with Gasteiger partial charge in [0.2, 0.25) is 0 Å². The molecule has 1 rings (SSSR count). The zero-order valence-electron chi connectivity index (χ0n) is 10.3. The molecule has 0 radical (unpaired) electrons. The number of alkyl halides is 5. The molecule has 0 fully saturated rings. The molecule has 0 bridgehead atoms. The number of hydrogen-bond donors (Lipinski definition) is 0. The van der Waals surface area contributed by atoms with Crippen molar-refractivity contribution in [3.63, 3.8) is 0 Å². The Balaban J connectivity index is 3.54. The Kier molecular flexibility index (Phi) is 5.38. The average molecular weight is 394 g/mol. The Morgan fingerprint density at radius 2 is 1.67 bits per heavy atom. The second-order valence-electron chi connectivity index (χ2n) is 3.76. The van der Waals surface area contributed by atoms with Crippen molar-refractivity contribution >= 4 is 39.1 Å². The predicted molar refractivity (Wildman–Crippen MR) is 70.3 cm³/mol. The molecule has 0 aromatic heterocycles. The highest BCUT2D eigenvalue weighted by molar-refractivity contribution is 9.10. The molecule has 2 nitrogen and oxygen atoms in total. The SMILES string of the molecule is COC(=O)/C(=C(\F)C(F)(Br)C(F)(F)F)c1ccc(Cl)cc1. The van der Waals surface area contributed by atoms with E-state index in [2.05, 4.69) is 4.74 Å². The van der Waals surface area contributed by atoms with Crippen molar-refractivity contribution in [2.45, 2.75) is 10.8 Å². The van der Waals surface area contributed by atoms with Crippen LogP contribution in [0.1, 0.15) is 5.56 Å². The fraction of sp³-hybridized carbons (Fsp3) is 0.250. The molecule has 0 heterocycles. The van der Waals surface area contributed by atoms with Crippen LogP contribution < -0.4 is 0 Å². The van der Waals surface area contributed by atoms with Crippen molar-refractivity contribution < 1.29 is 31.5 Å². The lowest BCUT2D eigenvalue weighted by Crippen LogP contribution is -2.36. The highest BCUT2D eigenvalue weighted by atomic mass is 79.9. The zero-order valence-corrected chi connectivity index (χ0v) is 12.6. The number of ether oxygens (including phenoxy) is 1. The van der Waals surface area contributed by atoms with Crippen LogP contribution in [0.3, 0.4) is 0 Å². The van der Waals surface area contributed by atoms with Crippen molar-refractivity contribution in [3.8, 4) is 0 Å². The largest absolute Gasteiger partial charge is 0.465 e. The number of allylic oxidation sites excluding steroid dienone is 1. The summed E-state index contributed by atoms with van der Waals surface area (Å²) >= 11 is 7.20. The highest BCUT2D eigenvalue weighted by Crippen LogP contribution is 2.47. The van der Waals surface area contributed by atoms with Gasteiger partial charge < -0.3 is 4.74 Å². The van der Waals surface area contributed by atoms with Crippen LogP contribution >= 0.6 is 27.5 Å². The number of hydrogen-bond acceptors (Lipinski definition) is 2. The van der Waals surface area contributed by atoms with Crippen molar-refractivity contribution in [1.29, 1.82) is 0 Å². The summed E-state index contributed by atoms with van der Waals surface area (Å²) in [4.78, 5) is 11.5. The van der Waals surface area contributed by atoms with Crippen LogP contribution in [-0.2, 0) is 9.53 Å². The molecule has 0 spiro atoms. The van der Waals surface area contributed by atoms with Crippen LogP contribution in [0.15, 0.2) is 30.1 Å². The molecule has 0 aliphatic rings. The second kappa shape index (κ2) is 6.31. The fourth-order valence-electron chi connectivity index (χ4n) is 1.33. The minimum absolute atomic E-state index is 0.199. The summed E-state index contributed by atoms with van der Waals surface area (Å²) < 4.78 is 64.9. The standard InChI is InChI=1S/C12H7BrClF5O2/c1-21-10(20)8(6-2-4-7(14)5-3-6)9(15)11(13,16)12(17,18)19/h2-5H,1H3/b9-8-. The summed E-state index contributed by atoms with van der Waals surface area (Å²) in [5, 5.41) is 0.199. The number of benzene rings is 1. The lowest BCUT2D eigenvalue weighted by molar-refractivity contribution is -0.184. The van der Waals surface area contributed by atoms with E-state index in [0.29, 0.717) is 0 Å². The molecule has 116 valence electrons. The van der Waals surface area contributed by atoms with E-state index >= 15 is 0 Å². The first-order valence-electron chi connectivity index (χ1n) is 5.21. The van der Waals surface area contributed by atoms with E-state index in [4.69, 9.17) is 11.6 Å². The first-order chi connectivity index (χ1) is 9.52. The van der Waals surface area contributed by atoms with Crippen molar-refractivity contribution in [2.24, 2.45) is 0 Å². The maximum atomic E-state index is 14.0. The lowest BCUT2D eigenvalue weighted by Gasteiger charge is -2.21. The number of esters is 1. The maximum absolute atomic E-state index is 14.0. The van der Waals surface area contributed by atoms with Crippen molar-refractivity contribution in [1.82, 2.24) is 0 Å². The van der Waals surface area contributed by atoms with Gasteiger partial charge in [-0.1, -0.05) is 23.7 Å². The molecule has 0 aliphatic carbocycles. The number of halogens is 7. The lowest BCUT2D eigenvalue weighted by atomic mass is 10.0. The summed E-state index contributed by atoms with van der Waals surface area (Å²) in [5.41, 5.74) is -1.50. The predicted octanol–water partition coefficient (Wildman–Crippen LogP) is 4.82. The summed E-state index contributed by atoms with van der Waals surface area (Å²) in [7, 11) is 0.827. The zero-order chi connectivity index (χ0) is 16.4. The summed E-state index contributed by atoms with van der Waals surface area (Å²) in [6.45, 7) is 0. The molecule has 0 N–H and O–H groups in total. The minimum Gasteiger partial charge on any atom is -0.465 e. The monoisotopic (exact) mass is 392 g/mol. The third-order valence-corrected chi connectivity index (χ3v) is 3.42. The van der Waals surface area contributed by atoms with Gasteiger partial charge in [-0.25, -0.2) is 13.6 Å². The molecule has 9 heteroatoms. The molecule has 0 aliphatic heterocycles. The Morgan fingerprint density at radius 3 is 2.05 bits per heavy atom. The van der Waals surface area contributed by atoms with Gasteiger partial charge in [0.05, 0.1) is 7.11 Å². The van der Waals surface area contributed by atoms with Gasteiger partial charge in [0.1, 0.15) is 5.57 Å². The van der Waals surface area contributed by atoms with Gasteiger partial charge in [-0.3, -0.25) is 0 Å². The molecular weight excluding hydrogens is 386 g/mol. The Bertz CT molecular complexity index is 566. The van der Waals surface area contributed by atoms with Gasteiger partial charge in [0.25, 0.3) is 0 Å². The van der Waals surface area contributed by atoms with Crippen LogP contribution in [0.25, 0.3) is 5.57 Å². The van der Waals surface area contributed by atoms with Gasteiger partial charge in [-0.05, 0) is 33.6 Å². The molecule has 0 amide bonds. The smallest absolute Gasteiger partial charge is 0.439 e. The summed E-state index contributed by atoms with van der Waals surface area (Å²) in [5.74, 6) is -3.82. The molecule has 1 aromatic rings. The van der Waals surface area contributed by atoms with Crippen LogP contribution in [0.2, 0.25) is 5.02 Å². The van der Waals surface area contributed by atoms with Gasteiger partial charge in [-0.2, -0.15) is 13.2 Å². The fourth-order valence-corrected chi connectivity index (χ4v) is 1.66. The van der Waals surface area contributed by atoms with E-state index in [1.54, 1.807) is 15.9 Å². The Labute approximate surface area is 129 Å². The normalized spacial score (nSPS) is 16.0. The van der Waals surface area contributed by atoms with Gasteiger partial charge >= 0.3 is 16.7 Å². The molecule has 0 saturated heterocycles. The summed E-state index contributed by atoms with van der Waals surface area (Å²) in [6.07, 6.45) is -5.61. The Hall–Kier alpha value is -1.15. The quantitative estimate of drug-likeness (QED) is 0.319. The Morgan fingerprint density at radius 1 is 1.19 bits per heavy atom.